The topological polar surface area (TPSA) is 36.0 Å². The lowest BCUT2D eigenvalue weighted by atomic mass is 10.3. The molecule has 3 nitrogen and oxygen atoms in total. The molecule has 0 saturated carbocycles. The average Bonchev–Trinajstić information content (AvgIpc) is 2.96. The molecule has 1 aromatic carbocycles. The van der Waals surface area contributed by atoms with Crippen LogP contribution < -0.4 is 9.64 Å². The summed E-state index contributed by atoms with van der Waals surface area (Å²) >= 11 is 0. The summed E-state index contributed by atoms with van der Waals surface area (Å²) in [4.78, 5) is 2.01. The van der Waals surface area contributed by atoms with Crippen LogP contribution >= 0.6 is 0 Å². The smallest absolute Gasteiger partial charge is 0.142 e. The van der Waals surface area contributed by atoms with E-state index in [0.717, 1.165) is 18.0 Å². The van der Waals surface area contributed by atoms with Gasteiger partial charge in [-0.15, -0.1) is 0 Å². The van der Waals surface area contributed by atoms with E-state index in [2.05, 4.69) is 6.07 Å². The number of nitriles is 1. The molecule has 1 aliphatic rings. The fourth-order valence-electron chi connectivity index (χ4n) is 1.38. The number of hydrogen-bond acceptors (Lipinski definition) is 3. The molecule has 1 aromatic rings. The van der Waals surface area contributed by atoms with E-state index in [1.54, 1.807) is 7.11 Å². The maximum absolute atomic E-state index is 8.67. The Morgan fingerprint density at radius 1 is 1.54 bits per heavy atom. The van der Waals surface area contributed by atoms with Crippen LogP contribution in [0.5, 0.6) is 5.75 Å². The summed E-state index contributed by atoms with van der Waals surface area (Å²) in [7, 11) is 1.64. The van der Waals surface area contributed by atoms with Crippen molar-refractivity contribution in [2.24, 2.45) is 0 Å². The van der Waals surface area contributed by atoms with Gasteiger partial charge in [0.05, 0.1) is 25.4 Å². The molecule has 0 amide bonds. The Morgan fingerprint density at radius 2 is 2.31 bits per heavy atom. The zero-order valence-corrected chi connectivity index (χ0v) is 7.40. The van der Waals surface area contributed by atoms with Crippen molar-refractivity contribution in [1.82, 2.24) is 0 Å². The molecule has 0 aliphatic carbocycles. The van der Waals surface area contributed by atoms with Gasteiger partial charge in [-0.3, -0.25) is 0 Å². The van der Waals surface area contributed by atoms with Crippen LogP contribution in [-0.4, -0.2) is 19.7 Å². The van der Waals surface area contributed by atoms with E-state index >= 15 is 0 Å². The Morgan fingerprint density at radius 3 is 2.92 bits per heavy atom. The summed E-state index contributed by atoms with van der Waals surface area (Å²) < 4.78 is 5.19. The van der Waals surface area contributed by atoms with Crippen LogP contribution in [0, 0.1) is 11.3 Å². The van der Waals surface area contributed by atoms with Gasteiger partial charge in [0.25, 0.3) is 0 Å². The second kappa shape index (κ2) is 2.98. The Hall–Kier alpha value is -1.69. The van der Waals surface area contributed by atoms with Gasteiger partial charge >= 0.3 is 0 Å². The van der Waals surface area contributed by atoms with Gasteiger partial charge in [-0.05, 0) is 12.1 Å². The lowest BCUT2D eigenvalue weighted by Crippen LogP contribution is -1.98. The molecule has 1 aliphatic heterocycles. The molecule has 1 unspecified atom stereocenters. The Bertz CT molecular complexity index is 356. The quantitative estimate of drug-likeness (QED) is 0.636. The van der Waals surface area contributed by atoms with E-state index in [1.165, 1.54) is 0 Å². The van der Waals surface area contributed by atoms with Gasteiger partial charge in [0.2, 0.25) is 0 Å². The maximum Gasteiger partial charge on any atom is 0.142 e. The van der Waals surface area contributed by atoms with Crippen LogP contribution in [-0.2, 0) is 0 Å². The Kier molecular flexibility index (Phi) is 1.82. The number of anilines is 1. The predicted octanol–water partition coefficient (Wildman–Crippen LogP) is 1.41. The van der Waals surface area contributed by atoms with Crippen LogP contribution in [0.2, 0.25) is 0 Å². The summed E-state index contributed by atoms with van der Waals surface area (Å²) in [5, 5.41) is 8.67. The monoisotopic (exact) mass is 174 g/mol. The summed E-state index contributed by atoms with van der Waals surface area (Å²) in [6.07, 6.45) is 0. The van der Waals surface area contributed by atoms with E-state index in [4.69, 9.17) is 10.00 Å². The van der Waals surface area contributed by atoms with Crippen molar-refractivity contribution in [3.8, 4) is 11.8 Å². The van der Waals surface area contributed by atoms with Crippen molar-refractivity contribution in [2.75, 3.05) is 18.6 Å². The first-order valence-corrected chi connectivity index (χ1v) is 4.16. The molecule has 0 N–H and O–H groups in total. The molecule has 2 rings (SSSR count). The van der Waals surface area contributed by atoms with Crippen molar-refractivity contribution in [3.63, 3.8) is 0 Å². The lowest BCUT2D eigenvalue weighted by molar-refractivity contribution is 0.416. The molecular weight excluding hydrogens is 164 g/mol. The van der Waals surface area contributed by atoms with Crippen LogP contribution in [0.15, 0.2) is 24.3 Å². The molecule has 3 heteroatoms. The highest BCUT2D eigenvalue weighted by Gasteiger charge is 2.35. The minimum atomic E-state index is 0.0382. The molecular formula is C10H10N2O. The molecule has 1 saturated heterocycles. The maximum atomic E-state index is 8.67. The fraction of sp³-hybridized carbons (Fsp3) is 0.300. The Balaban J connectivity index is 2.26. The minimum absolute atomic E-state index is 0.0382. The molecule has 0 bridgehead atoms. The molecule has 1 heterocycles. The van der Waals surface area contributed by atoms with Gasteiger partial charge < -0.3 is 9.64 Å². The van der Waals surface area contributed by atoms with Gasteiger partial charge in [0, 0.05) is 0 Å². The summed E-state index contributed by atoms with van der Waals surface area (Å²) in [5.74, 6) is 0.834. The number of ether oxygens (including phenoxy) is 1. The molecule has 13 heavy (non-hydrogen) atoms. The van der Waals surface area contributed by atoms with E-state index < -0.39 is 0 Å². The average molecular weight is 174 g/mol. The van der Waals surface area contributed by atoms with E-state index in [1.807, 2.05) is 29.2 Å². The van der Waals surface area contributed by atoms with Crippen molar-refractivity contribution < 1.29 is 4.74 Å². The standard InChI is InChI=1S/C10H10N2O/c1-13-10-5-3-2-4-9(10)12-7-8(12)6-11/h2-5,8H,7H2,1H3. The third-order valence-electron chi connectivity index (χ3n) is 2.16. The highest BCUT2D eigenvalue weighted by Crippen LogP contribution is 2.35. The molecule has 0 spiro atoms. The lowest BCUT2D eigenvalue weighted by Gasteiger charge is -2.08. The summed E-state index contributed by atoms with van der Waals surface area (Å²) in [6.45, 7) is 0.816. The van der Waals surface area contributed by atoms with E-state index in [-0.39, 0.29) is 6.04 Å². The highest BCUT2D eigenvalue weighted by atomic mass is 16.5. The minimum Gasteiger partial charge on any atom is -0.495 e. The van der Waals surface area contributed by atoms with Gasteiger partial charge in [0.15, 0.2) is 0 Å². The van der Waals surface area contributed by atoms with E-state index in [0.29, 0.717) is 0 Å². The zero-order chi connectivity index (χ0) is 9.26. The molecule has 0 radical (unpaired) electrons. The first kappa shape index (κ1) is 7.93. The van der Waals surface area contributed by atoms with Crippen molar-refractivity contribution >= 4 is 5.69 Å². The molecule has 0 aromatic heterocycles. The molecule has 1 atom stereocenters. The number of hydrogen-bond donors (Lipinski definition) is 0. The second-order valence-corrected chi connectivity index (χ2v) is 2.97. The highest BCUT2D eigenvalue weighted by molar-refractivity contribution is 5.64. The normalized spacial score (nSPS) is 19.4. The third kappa shape index (κ3) is 1.31. The van der Waals surface area contributed by atoms with Gasteiger partial charge in [0.1, 0.15) is 11.8 Å². The largest absolute Gasteiger partial charge is 0.495 e. The number of benzene rings is 1. The first-order valence-electron chi connectivity index (χ1n) is 4.16. The van der Waals surface area contributed by atoms with Crippen molar-refractivity contribution in [2.45, 2.75) is 6.04 Å². The van der Waals surface area contributed by atoms with Gasteiger partial charge in [-0.2, -0.15) is 5.26 Å². The van der Waals surface area contributed by atoms with Gasteiger partial charge in [-0.1, -0.05) is 12.1 Å². The summed E-state index contributed by atoms with van der Waals surface area (Å²) in [6, 6.07) is 9.99. The molecule has 66 valence electrons. The number of methoxy groups -OCH3 is 1. The van der Waals surface area contributed by atoms with Crippen molar-refractivity contribution in [3.05, 3.63) is 24.3 Å². The van der Waals surface area contributed by atoms with Crippen LogP contribution in [0.1, 0.15) is 0 Å². The number of nitrogens with zero attached hydrogens (tertiary/aromatic N) is 2. The van der Waals surface area contributed by atoms with E-state index in [9.17, 15) is 0 Å². The molecule has 1 fully saturated rings. The number of rotatable bonds is 2. The van der Waals surface area contributed by atoms with Gasteiger partial charge in [-0.25, -0.2) is 0 Å². The third-order valence-corrected chi connectivity index (χ3v) is 2.16. The fourth-order valence-corrected chi connectivity index (χ4v) is 1.38. The number of para-hydroxylation sites is 2. The van der Waals surface area contributed by atoms with Crippen LogP contribution in [0.25, 0.3) is 0 Å². The predicted molar refractivity (Wildman–Crippen MR) is 49.7 cm³/mol. The Labute approximate surface area is 77.2 Å². The zero-order valence-electron chi connectivity index (χ0n) is 7.40. The SMILES string of the molecule is COc1ccccc1N1CC1C#N. The summed E-state index contributed by atoms with van der Waals surface area (Å²) in [5.41, 5.74) is 1.01. The first-order chi connectivity index (χ1) is 6.36. The van der Waals surface area contributed by atoms with Crippen LogP contribution in [0.3, 0.4) is 0 Å². The second-order valence-electron chi connectivity index (χ2n) is 2.97. The van der Waals surface area contributed by atoms with Crippen molar-refractivity contribution in [1.29, 1.82) is 5.26 Å². The van der Waals surface area contributed by atoms with Crippen LogP contribution in [0.4, 0.5) is 5.69 Å².